The molecular formula is C14H17Cl2N3O5. The molecule has 1 fully saturated rings. The maximum absolute atomic E-state index is 10.3. The molecule has 0 spiro atoms. The van der Waals surface area contributed by atoms with Crippen molar-refractivity contribution in [1.29, 1.82) is 0 Å². The molecule has 4 atom stereocenters. The number of halogens is 2. The first kappa shape index (κ1) is 17.7. The smallest absolute Gasteiger partial charge is 0.206 e. The Morgan fingerprint density at radius 1 is 1.17 bits per heavy atom. The normalized spacial score (nSPS) is 27.1. The van der Waals surface area contributed by atoms with Crippen molar-refractivity contribution in [2.75, 3.05) is 25.1 Å². The van der Waals surface area contributed by atoms with Crippen LogP contribution >= 0.6 is 23.2 Å². The largest absolute Gasteiger partial charge is 0.395 e. The van der Waals surface area contributed by atoms with Crippen LogP contribution in [0.3, 0.4) is 0 Å². The molecule has 8 nitrogen and oxygen atoms in total. The lowest BCUT2D eigenvalue weighted by Crippen LogP contribution is -2.33. The minimum Gasteiger partial charge on any atom is -0.395 e. The molecule has 1 aromatic heterocycles. The molecule has 132 valence electrons. The standard InChI is InChI=1S/C14H17Cl2N3O5/c15-6-3-8-9(4-7(6)16)19(14(18-8)17-1-2-20)13-12(23)11(22)10(5-21)24-13/h3-4,10-13,20-23H,1-2,5H2,(H,17,18)/t10-,11-,12-,13-/m1/s1. The highest BCUT2D eigenvalue weighted by Gasteiger charge is 2.44. The van der Waals surface area contributed by atoms with Crippen LogP contribution in [0.2, 0.25) is 10.0 Å². The highest BCUT2D eigenvalue weighted by Crippen LogP contribution is 2.37. The lowest BCUT2D eigenvalue weighted by molar-refractivity contribution is -0.0499. The summed E-state index contributed by atoms with van der Waals surface area (Å²) in [6, 6.07) is 3.15. The monoisotopic (exact) mass is 377 g/mol. The van der Waals surface area contributed by atoms with Crippen molar-refractivity contribution in [3.63, 3.8) is 0 Å². The Morgan fingerprint density at radius 2 is 1.88 bits per heavy atom. The first-order chi connectivity index (χ1) is 11.5. The summed E-state index contributed by atoms with van der Waals surface area (Å²) < 4.78 is 7.10. The van der Waals surface area contributed by atoms with Crippen LogP contribution < -0.4 is 5.32 Å². The number of nitrogens with one attached hydrogen (secondary N) is 1. The van der Waals surface area contributed by atoms with Crippen LogP contribution in [0.25, 0.3) is 11.0 Å². The van der Waals surface area contributed by atoms with E-state index in [1.165, 1.54) is 4.57 Å². The first-order valence-corrected chi connectivity index (χ1v) is 8.07. The molecule has 0 bridgehead atoms. The predicted molar refractivity (Wildman–Crippen MR) is 88.3 cm³/mol. The van der Waals surface area contributed by atoms with Crippen molar-refractivity contribution >= 4 is 40.2 Å². The van der Waals surface area contributed by atoms with Gasteiger partial charge in [-0.2, -0.15) is 0 Å². The average molecular weight is 378 g/mol. The molecule has 1 saturated heterocycles. The lowest BCUT2D eigenvalue weighted by Gasteiger charge is -2.20. The molecule has 24 heavy (non-hydrogen) atoms. The Morgan fingerprint density at radius 3 is 2.50 bits per heavy atom. The van der Waals surface area contributed by atoms with Gasteiger partial charge in [0.05, 0.1) is 34.3 Å². The van der Waals surface area contributed by atoms with Gasteiger partial charge in [-0.1, -0.05) is 23.2 Å². The maximum Gasteiger partial charge on any atom is 0.206 e. The zero-order valence-corrected chi connectivity index (χ0v) is 13.9. The quantitative estimate of drug-likeness (QED) is 0.510. The maximum atomic E-state index is 10.3. The van der Waals surface area contributed by atoms with Crippen molar-refractivity contribution in [3.8, 4) is 0 Å². The van der Waals surface area contributed by atoms with Crippen LogP contribution in [0.1, 0.15) is 6.23 Å². The average Bonchev–Trinajstić information content (AvgIpc) is 3.04. The summed E-state index contributed by atoms with van der Waals surface area (Å²) >= 11 is 12.1. The molecule has 2 aromatic rings. The van der Waals surface area contributed by atoms with E-state index in [0.29, 0.717) is 27.0 Å². The molecule has 0 aliphatic carbocycles. The van der Waals surface area contributed by atoms with E-state index in [4.69, 9.17) is 33.0 Å². The Bertz CT molecular complexity index is 741. The highest BCUT2D eigenvalue weighted by atomic mass is 35.5. The molecule has 0 unspecified atom stereocenters. The van der Waals surface area contributed by atoms with Crippen LogP contribution in [-0.4, -0.2) is 68.0 Å². The highest BCUT2D eigenvalue weighted by molar-refractivity contribution is 6.42. The molecule has 1 aromatic carbocycles. The molecule has 2 heterocycles. The number of fused-ring (bicyclic) bond motifs is 1. The number of ether oxygens (including phenoxy) is 1. The fourth-order valence-electron chi connectivity index (χ4n) is 2.73. The third kappa shape index (κ3) is 2.95. The summed E-state index contributed by atoms with van der Waals surface area (Å²) in [4.78, 5) is 4.37. The van der Waals surface area contributed by atoms with Gasteiger partial charge in [0.1, 0.15) is 18.3 Å². The molecule has 0 saturated carbocycles. The number of nitrogens with zero attached hydrogens (tertiary/aromatic N) is 2. The van der Waals surface area contributed by atoms with Gasteiger partial charge in [0.15, 0.2) is 6.23 Å². The molecule has 5 N–H and O–H groups in total. The van der Waals surface area contributed by atoms with Crippen LogP contribution in [-0.2, 0) is 4.74 Å². The molecule has 0 amide bonds. The van der Waals surface area contributed by atoms with Crippen LogP contribution in [0.15, 0.2) is 12.1 Å². The van der Waals surface area contributed by atoms with Crippen LogP contribution in [0.4, 0.5) is 5.95 Å². The molecule has 1 aliphatic heterocycles. The SMILES string of the molecule is OCCNc1nc2cc(Cl)c(Cl)cc2n1[C@@H]1O[C@H](CO)[C@@H](O)[C@H]1O. The zero-order chi connectivity index (χ0) is 17.4. The van der Waals surface area contributed by atoms with Crippen molar-refractivity contribution in [1.82, 2.24) is 9.55 Å². The number of hydrogen-bond donors (Lipinski definition) is 5. The fraction of sp³-hybridized carbons (Fsp3) is 0.500. The molecule has 1 aliphatic rings. The zero-order valence-electron chi connectivity index (χ0n) is 12.4. The molecule has 0 radical (unpaired) electrons. The summed E-state index contributed by atoms with van der Waals surface area (Å²) in [6.07, 6.45) is -4.42. The van der Waals surface area contributed by atoms with E-state index in [0.717, 1.165) is 0 Å². The number of rotatable bonds is 5. The Balaban J connectivity index is 2.12. The Labute approximate surface area is 147 Å². The third-order valence-electron chi connectivity index (χ3n) is 3.90. The topological polar surface area (TPSA) is 120 Å². The van der Waals surface area contributed by atoms with Gasteiger partial charge in [0, 0.05) is 6.54 Å². The van der Waals surface area contributed by atoms with E-state index in [1.54, 1.807) is 12.1 Å². The van der Waals surface area contributed by atoms with Crippen molar-refractivity contribution in [3.05, 3.63) is 22.2 Å². The number of benzene rings is 1. The second-order valence-corrected chi connectivity index (χ2v) is 6.25. The van der Waals surface area contributed by atoms with Crippen LogP contribution in [0.5, 0.6) is 0 Å². The fourth-order valence-corrected chi connectivity index (χ4v) is 3.05. The van der Waals surface area contributed by atoms with Gasteiger partial charge in [0.25, 0.3) is 0 Å². The minimum absolute atomic E-state index is 0.124. The van der Waals surface area contributed by atoms with Gasteiger partial charge in [-0.05, 0) is 12.1 Å². The molecular weight excluding hydrogens is 361 g/mol. The number of aromatic nitrogens is 2. The Hall–Kier alpha value is -1.13. The number of hydrogen-bond acceptors (Lipinski definition) is 7. The van der Waals surface area contributed by atoms with E-state index < -0.39 is 31.1 Å². The number of imidazole rings is 1. The van der Waals surface area contributed by atoms with Gasteiger partial charge in [0.2, 0.25) is 5.95 Å². The van der Waals surface area contributed by atoms with E-state index in [-0.39, 0.29) is 13.2 Å². The summed E-state index contributed by atoms with van der Waals surface area (Å²) in [5.41, 5.74) is 1.03. The van der Waals surface area contributed by atoms with Crippen molar-refractivity contribution in [2.24, 2.45) is 0 Å². The second kappa shape index (κ2) is 7.01. The number of anilines is 1. The number of aliphatic hydroxyl groups is 4. The van der Waals surface area contributed by atoms with Gasteiger partial charge in [-0.3, -0.25) is 4.57 Å². The van der Waals surface area contributed by atoms with Crippen molar-refractivity contribution < 1.29 is 25.2 Å². The first-order valence-electron chi connectivity index (χ1n) is 7.32. The molecule has 3 rings (SSSR count). The summed E-state index contributed by atoms with van der Waals surface area (Å²) in [5, 5.41) is 42.1. The Kier molecular flexibility index (Phi) is 5.16. The van der Waals surface area contributed by atoms with E-state index in [2.05, 4.69) is 10.3 Å². The van der Waals surface area contributed by atoms with Gasteiger partial charge >= 0.3 is 0 Å². The van der Waals surface area contributed by atoms with Crippen LogP contribution in [0, 0.1) is 0 Å². The van der Waals surface area contributed by atoms with E-state index in [9.17, 15) is 15.3 Å². The van der Waals surface area contributed by atoms with E-state index in [1.807, 2.05) is 0 Å². The summed E-state index contributed by atoms with van der Waals surface area (Å²) in [5.74, 6) is 0.312. The second-order valence-electron chi connectivity index (χ2n) is 5.44. The lowest BCUT2D eigenvalue weighted by atomic mass is 10.1. The van der Waals surface area contributed by atoms with Crippen molar-refractivity contribution in [2.45, 2.75) is 24.5 Å². The minimum atomic E-state index is -1.27. The number of aliphatic hydroxyl groups excluding tert-OH is 4. The summed E-state index contributed by atoms with van der Waals surface area (Å²) in [6.45, 7) is -0.340. The van der Waals surface area contributed by atoms with Gasteiger partial charge < -0.3 is 30.5 Å². The van der Waals surface area contributed by atoms with Gasteiger partial charge in [-0.25, -0.2) is 4.98 Å². The predicted octanol–water partition coefficient (Wildman–Crippen LogP) is 0.359. The third-order valence-corrected chi connectivity index (χ3v) is 4.62. The van der Waals surface area contributed by atoms with Gasteiger partial charge in [-0.15, -0.1) is 0 Å². The summed E-state index contributed by atoms with van der Waals surface area (Å²) in [7, 11) is 0. The molecule has 10 heteroatoms. The van der Waals surface area contributed by atoms with E-state index >= 15 is 0 Å².